The van der Waals surface area contributed by atoms with E-state index in [-0.39, 0.29) is 4.99 Å². The summed E-state index contributed by atoms with van der Waals surface area (Å²) in [6, 6.07) is 30.3. The van der Waals surface area contributed by atoms with Crippen molar-refractivity contribution in [1.29, 1.82) is 0 Å². The highest BCUT2D eigenvalue weighted by atomic mass is 32.2. The summed E-state index contributed by atoms with van der Waals surface area (Å²) in [5.74, 6) is 0. The molecule has 3 aromatic carbocycles. The Morgan fingerprint density at radius 3 is 1.64 bits per heavy atom. The number of hydrogen-bond acceptors (Lipinski definition) is 2. The van der Waals surface area contributed by atoms with Crippen LogP contribution >= 0.6 is 18.9 Å². The van der Waals surface area contributed by atoms with E-state index in [1.165, 1.54) is 4.90 Å². The van der Waals surface area contributed by atoms with Crippen molar-refractivity contribution >= 4 is 29.5 Å². The highest BCUT2D eigenvalue weighted by Crippen LogP contribution is 2.56. The van der Waals surface area contributed by atoms with E-state index in [0.717, 1.165) is 23.5 Å². The van der Waals surface area contributed by atoms with Gasteiger partial charge in [0.2, 0.25) is 0 Å². The molecule has 0 saturated carbocycles. The van der Waals surface area contributed by atoms with Crippen LogP contribution in [0.3, 0.4) is 0 Å². The molecule has 25 heavy (non-hydrogen) atoms. The molecule has 0 N–H and O–H groups in total. The number of rotatable bonds is 7. The monoisotopic (exact) mass is 366 g/mol. The van der Waals surface area contributed by atoms with Crippen LogP contribution in [0.1, 0.15) is 19.8 Å². The fraction of sp³-hybridized carbons (Fsp3) is 0.182. The highest BCUT2D eigenvalue weighted by Gasteiger charge is 2.36. The van der Waals surface area contributed by atoms with Gasteiger partial charge >= 0.3 is 0 Å². The predicted octanol–water partition coefficient (Wildman–Crippen LogP) is 5.92. The SMILES string of the molecule is CCCC(Sc1ccccc1)P(=O)(c1ccccc1)c1ccccc1. The van der Waals surface area contributed by atoms with Gasteiger partial charge in [-0.15, -0.1) is 11.8 Å². The molecule has 1 unspecified atom stereocenters. The predicted molar refractivity (Wildman–Crippen MR) is 111 cm³/mol. The lowest BCUT2D eigenvalue weighted by molar-refractivity contribution is 0.582. The first kappa shape index (κ1) is 18.0. The third-order valence-electron chi connectivity index (χ3n) is 4.24. The molecule has 0 bridgehead atoms. The minimum Gasteiger partial charge on any atom is -0.312 e. The van der Waals surface area contributed by atoms with Crippen molar-refractivity contribution in [3.63, 3.8) is 0 Å². The molecular formula is C22H23OPS. The van der Waals surface area contributed by atoms with Crippen molar-refractivity contribution in [1.82, 2.24) is 0 Å². The standard InChI is InChI=1S/C22H23OPS/c1-2-12-22(25-21-17-10-5-11-18-21)24(23,19-13-6-3-7-14-19)20-15-8-4-9-16-20/h3-11,13-18,22H,2,12H2,1H3. The second kappa shape index (κ2) is 8.56. The molecule has 3 rings (SSSR count). The van der Waals surface area contributed by atoms with Gasteiger partial charge in [-0.1, -0.05) is 92.2 Å². The van der Waals surface area contributed by atoms with Gasteiger partial charge in [-0.3, -0.25) is 0 Å². The van der Waals surface area contributed by atoms with Crippen molar-refractivity contribution in [2.75, 3.05) is 0 Å². The summed E-state index contributed by atoms with van der Waals surface area (Å²) in [5, 5.41) is 1.89. The van der Waals surface area contributed by atoms with Gasteiger partial charge in [0, 0.05) is 15.5 Å². The van der Waals surface area contributed by atoms with E-state index < -0.39 is 7.14 Å². The molecule has 128 valence electrons. The zero-order valence-corrected chi connectivity index (χ0v) is 16.1. The van der Waals surface area contributed by atoms with Crippen LogP contribution < -0.4 is 10.6 Å². The van der Waals surface area contributed by atoms with Crippen molar-refractivity contribution in [3.05, 3.63) is 91.0 Å². The summed E-state index contributed by atoms with van der Waals surface area (Å²) < 4.78 is 14.5. The highest BCUT2D eigenvalue weighted by molar-refractivity contribution is 8.08. The van der Waals surface area contributed by atoms with E-state index in [0.29, 0.717) is 0 Å². The maximum Gasteiger partial charge on any atom is 0.155 e. The number of thioether (sulfide) groups is 1. The molecule has 0 aliphatic heterocycles. The number of hydrogen-bond donors (Lipinski definition) is 0. The van der Waals surface area contributed by atoms with Gasteiger partial charge in [0.1, 0.15) is 0 Å². The van der Waals surface area contributed by atoms with E-state index in [2.05, 4.69) is 19.1 Å². The van der Waals surface area contributed by atoms with E-state index >= 15 is 0 Å². The molecule has 1 nitrogen and oxygen atoms in total. The average Bonchev–Trinajstić information content (AvgIpc) is 2.69. The Hall–Kier alpha value is -1.76. The van der Waals surface area contributed by atoms with E-state index in [9.17, 15) is 4.57 Å². The van der Waals surface area contributed by atoms with Gasteiger partial charge in [0.05, 0.1) is 4.99 Å². The third kappa shape index (κ3) is 4.08. The quantitative estimate of drug-likeness (QED) is 0.381. The molecule has 3 heteroatoms. The van der Waals surface area contributed by atoms with Crippen molar-refractivity contribution in [2.24, 2.45) is 0 Å². The lowest BCUT2D eigenvalue weighted by Gasteiger charge is -2.28. The summed E-state index contributed by atoms with van der Waals surface area (Å²) in [7, 11) is -2.75. The summed E-state index contributed by atoms with van der Waals surface area (Å²) in [6.07, 6.45) is 1.93. The van der Waals surface area contributed by atoms with E-state index in [1.807, 2.05) is 78.9 Å². The molecular weight excluding hydrogens is 343 g/mol. The minimum atomic E-state index is -2.75. The van der Waals surface area contributed by atoms with Crippen LogP contribution in [0.15, 0.2) is 95.9 Å². The Bertz CT molecular complexity index is 775. The van der Waals surface area contributed by atoms with Gasteiger partial charge < -0.3 is 4.57 Å². The first-order valence-corrected chi connectivity index (χ1v) is 11.3. The summed E-state index contributed by atoms with van der Waals surface area (Å²) in [5.41, 5.74) is 0. The van der Waals surface area contributed by atoms with E-state index in [4.69, 9.17) is 0 Å². The second-order valence-corrected chi connectivity index (χ2v) is 10.6. The normalized spacial score (nSPS) is 12.7. The molecule has 0 aliphatic carbocycles. The zero-order chi connectivity index (χ0) is 17.5. The Balaban J connectivity index is 2.09. The lowest BCUT2D eigenvalue weighted by Crippen LogP contribution is -2.24. The summed E-state index contributed by atoms with van der Waals surface area (Å²) in [4.78, 5) is 1.21. The zero-order valence-electron chi connectivity index (χ0n) is 14.4. The Kier molecular flexibility index (Phi) is 6.18. The van der Waals surface area contributed by atoms with Crippen LogP contribution in [0.2, 0.25) is 0 Å². The van der Waals surface area contributed by atoms with Gasteiger partial charge in [-0.05, 0) is 18.6 Å². The first-order valence-electron chi connectivity index (χ1n) is 8.68. The summed E-state index contributed by atoms with van der Waals surface area (Å²) >= 11 is 1.75. The van der Waals surface area contributed by atoms with Crippen LogP contribution in [0.5, 0.6) is 0 Å². The van der Waals surface area contributed by atoms with Crippen LogP contribution in [0.4, 0.5) is 0 Å². The summed E-state index contributed by atoms with van der Waals surface area (Å²) in [6.45, 7) is 2.17. The molecule has 0 heterocycles. The fourth-order valence-corrected chi connectivity index (χ4v) is 8.48. The van der Waals surface area contributed by atoms with E-state index in [1.54, 1.807) is 11.8 Å². The van der Waals surface area contributed by atoms with Crippen molar-refractivity contribution in [3.8, 4) is 0 Å². The molecule has 0 fully saturated rings. The van der Waals surface area contributed by atoms with Crippen molar-refractivity contribution in [2.45, 2.75) is 29.7 Å². The molecule has 0 aromatic heterocycles. The maximum absolute atomic E-state index is 14.5. The Morgan fingerprint density at radius 2 is 1.20 bits per heavy atom. The molecule has 0 aliphatic rings. The Labute approximate surface area is 154 Å². The van der Waals surface area contributed by atoms with Gasteiger partial charge in [-0.25, -0.2) is 0 Å². The molecule has 1 atom stereocenters. The largest absolute Gasteiger partial charge is 0.312 e. The van der Waals surface area contributed by atoms with Gasteiger partial charge in [-0.2, -0.15) is 0 Å². The smallest absolute Gasteiger partial charge is 0.155 e. The number of benzene rings is 3. The minimum absolute atomic E-state index is 0.0321. The maximum atomic E-state index is 14.5. The van der Waals surface area contributed by atoms with Crippen LogP contribution in [-0.2, 0) is 4.57 Å². The van der Waals surface area contributed by atoms with Gasteiger partial charge in [0.15, 0.2) is 7.14 Å². The molecule has 3 aromatic rings. The lowest BCUT2D eigenvalue weighted by atomic mass is 10.4. The average molecular weight is 366 g/mol. The van der Waals surface area contributed by atoms with Gasteiger partial charge in [0.25, 0.3) is 0 Å². The molecule has 0 radical (unpaired) electrons. The fourth-order valence-electron chi connectivity index (χ4n) is 3.00. The van der Waals surface area contributed by atoms with Crippen molar-refractivity contribution < 1.29 is 4.57 Å². The van der Waals surface area contributed by atoms with Crippen LogP contribution in [-0.4, -0.2) is 4.99 Å². The second-order valence-electron chi connectivity index (χ2n) is 6.00. The van der Waals surface area contributed by atoms with Crippen LogP contribution in [0.25, 0.3) is 0 Å². The molecule has 0 amide bonds. The first-order chi connectivity index (χ1) is 12.2. The Morgan fingerprint density at radius 1 is 0.760 bits per heavy atom. The molecule has 0 saturated heterocycles. The topological polar surface area (TPSA) is 17.1 Å². The third-order valence-corrected chi connectivity index (χ3v) is 9.69. The van der Waals surface area contributed by atoms with Crippen LogP contribution in [0, 0.1) is 0 Å². The molecule has 0 spiro atoms.